The average Bonchev–Trinajstić information content (AvgIpc) is 2.50. The number of anilines is 1. The second kappa shape index (κ2) is 9.40. The van der Waals surface area contributed by atoms with Crippen LogP contribution in [-0.4, -0.2) is 30.2 Å². The highest BCUT2D eigenvalue weighted by Crippen LogP contribution is 2.21. The Morgan fingerprint density at radius 1 is 1.33 bits per heavy atom. The van der Waals surface area contributed by atoms with Gasteiger partial charge in [-0.15, -0.1) is 0 Å². The van der Waals surface area contributed by atoms with E-state index in [-0.39, 0.29) is 19.1 Å². The van der Waals surface area contributed by atoms with E-state index < -0.39 is 0 Å². The first kappa shape index (κ1) is 17.5. The van der Waals surface area contributed by atoms with Crippen molar-refractivity contribution in [1.82, 2.24) is 5.32 Å². The number of nitrogens with one attached hydrogen (secondary N) is 2. The summed E-state index contributed by atoms with van der Waals surface area (Å²) in [6, 6.07) is 6.18. The number of carbonyl (C=O) groups is 1. The highest BCUT2D eigenvalue weighted by molar-refractivity contribution is 5.97. The van der Waals surface area contributed by atoms with Gasteiger partial charge in [0, 0.05) is 23.8 Å². The molecule has 0 aliphatic heterocycles. The normalized spacial score (nSPS) is 12.0. The van der Waals surface area contributed by atoms with E-state index in [4.69, 9.17) is 5.11 Å². The maximum atomic E-state index is 12.1. The zero-order chi connectivity index (χ0) is 15.7. The summed E-state index contributed by atoms with van der Waals surface area (Å²) in [7, 11) is 0. The molecule has 1 rings (SSSR count). The van der Waals surface area contributed by atoms with Crippen molar-refractivity contribution in [2.75, 3.05) is 18.5 Å². The van der Waals surface area contributed by atoms with Crippen molar-refractivity contribution in [1.29, 1.82) is 0 Å². The Morgan fingerprint density at radius 2 is 2.10 bits per heavy atom. The highest BCUT2D eigenvalue weighted by Gasteiger charge is 2.13. The molecule has 118 valence electrons. The summed E-state index contributed by atoms with van der Waals surface area (Å²) in [5.74, 6) is -0.133. The Hall–Kier alpha value is -1.55. The van der Waals surface area contributed by atoms with Crippen LogP contribution in [0.15, 0.2) is 18.2 Å². The molecule has 21 heavy (non-hydrogen) atoms. The lowest BCUT2D eigenvalue weighted by Crippen LogP contribution is -2.27. The predicted octanol–water partition coefficient (Wildman–Crippen LogP) is 3.10. The number of unbranched alkanes of at least 4 members (excludes halogenated alkanes) is 1. The molecule has 1 unspecified atom stereocenters. The van der Waals surface area contributed by atoms with E-state index in [2.05, 4.69) is 24.5 Å². The van der Waals surface area contributed by atoms with E-state index in [9.17, 15) is 4.79 Å². The number of rotatable bonds is 9. The van der Waals surface area contributed by atoms with Crippen molar-refractivity contribution >= 4 is 11.6 Å². The summed E-state index contributed by atoms with van der Waals surface area (Å²) < 4.78 is 0. The predicted molar refractivity (Wildman–Crippen MR) is 87.8 cm³/mol. The molecule has 0 bridgehead atoms. The summed E-state index contributed by atoms with van der Waals surface area (Å²) in [6.07, 6.45) is 4.62. The molecule has 0 radical (unpaired) electrons. The van der Waals surface area contributed by atoms with Crippen LogP contribution in [0.5, 0.6) is 0 Å². The maximum absolute atomic E-state index is 12.1. The van der Waals surface area contributed by atoms with Crippen LogP contribution in [0.4, 0.5) is 5.69 Å². The van der Waals surface area contributed by atoms with Crippen LogP contribution in [0.3, 0.4) is 0 Å². The molecule has 0 aromatic heterocycles. The lowest BCUT2D eigenvalue weighted by atomic mass is 10.0. The number of benzene rings is 1. The molecule has 0 saturated heterocycles. The van der Waals surface area contributed by atoms with Gasteiger partial charge in [0.25, 0.3) is 5.91 Å². The van der Waals surface area contributed by atoms with Crippen LogP contribution in [0.25, 0.3) is 0 Å². The van der Waals surface area contributed by atoms with E-state index >= 15 is 0 Å². The smallest absolute Gasteiger partial charge is 0.251 e. The van der Waals surface area contributed by atoms with Crippen molar-refractivity contribution in [3.8, 4) is 0 Å². The number of aliphatic hydroxyl groups is 1. The van der Waals surface area contributed by atoms with Crippen molar-refractivity contribution in [3.05, 3.63) is 29.3 Å². The van der Waals surface area contributed by atoms with Gasteiger partial charge >= 0.3 is 0 Å². The fraction of sp³-hybridized carbons (Fsp3) is 0.588. The second-order valence-corrected chi connectivity index (χ2v) is 5.35. The lowest BCUT2D eigenvalue weighted by Gasteiger charge is -2.20. The fourth-order valence-electron chi connectivity index (χ4n) is 2.35. The molecular weight excluding hydrogens is 264 g/mol. The van der Waals surface area contributed by atoms with Crippen LogP contribution in [0.2, 0.25) is 0 Å². The standard InChI is InChI=1S/C17H28N2O2/c1-4-6-8-14(5-2)19-16-10-7-9-15(13(16)3)17(21)18-11-12-20/h7,9-10,14,19-20H,4-6,8,11-12H2,1-3H3,(H,18,21). The quantitative estimate of drug-likeness (QED) is 0.655. The SMILES string of the molecule is CCCCC(CC)Nc1cccc(C(=O)NCCO)c1C. The van der Waals surface area contributed by atoms with Gasteiger partial charge in [-0.05, 0) is 37.5 Å². The first-order valence-electron chi connectivity index (χ1n) is 7.89. The maximum Gasteiger partial charge on any atom is 0.251 e. The fourth-order valence-corrected chi connectivity index (χ4v) is 2.35. The van der Waals surface area contributed by atoms with Gasteiger partial charge in [0.1, 0.15) is 0 Å². The average molecular weight is 292 g/mol. The molecule has 0 aliphatic carbocycles. The van der Waals surface area contributed by atoms with E-state index in [1.165, 1.54) is 12.8 Å². The van der Waals surface area contributed by atoms with Crippen molar-refractivity contribution in [2.24, 2.45) is 0 Å². The number of hydrogen-bond acceptors (Lipinski definition) is 3. The highest BCUT2D eigenvalue weighted by atomic mass is 16.3. The molecule has 4 nitrogen and oxygen atoms in total. The van der Waals surface area contributed by atoms with Crippen LogP contribution < -0.4 is 10.6 Å². The third-order valence-corrected chi connectivity index (χ3v) is 3.73. The molecule has 0 spiro atoms. The molecule has 0 saturated carbocycles. The third kappa shape index (κ3) is 5.38. The van der Waals surface area contributed by atoms with E-state index in [1.54, 1.807) is 0 Å². The molecule has 0 fully saturated rings. The molecular formula is C17H28N2O2. The van der Waals surface area contributed by atoms with Crippen LogP contribution >= 0.6 is 0 Å². The van der Waals surface area contributed by atoms with Crippen LogP contribution in [0.1, 0.15) is 55.5 Å². The minimum absolute atomic E-state index is 0.0440. The zero-order valence-electron chi connectivity index (χ0n) is 13.4. The second-order valence-electron chi connectivity index (χ2n) is 5.35. The van der Waals surface area contributed by atoms with Gasteiger partial charge in [-0.25, -0.2) is 0 Å². The third-order valence-electron chi connectivity index (χ3n) is 3.73. The molecule has 1 atom stereocenters. The monoisotopic (exact) mass is 292 g/mol. The van der Waals surface area contributed by atoms with Crippen LogP contribution in [-0.2, 0) is 0 Å². The topological polar surface area (TPSA) is 61.4 Å². The molecule has 1 aromatic carbocycles. The summed E-state index contributed by atoms with van der Waals surface area (Å²) in [4.78, 5) is 12.1. The molecule has 1 amide bonds. The first-order valence-corrected chi connectivity index (χ1v) is 7.89. The van der Waals surface area contributed by atoms with Gasteiger partial charge in [0.15, 0.2) is 0 Å². The van der Waals surface area contributed by atoms with Crippen LogP contribution in [0, 0.1) is 6.92 Å². The largest absolute Gasteiger partial charge is 0.395 e. The van der Waals surface area contributed by atoms with E-state index in [0.29, 0.717) is 11.6 Å². The van der Waals surface area contributed by atoms with Gasteiger partial charge in [0.05, 0.1) is 6.61 Å². The van der Waals surface area contributed by atoms with Crippen molar-refractivity contribution in [2.45, 2.75) is 52.5 Å². The Morgan fingerprint density at radius 3 is 2.71 bits per heavy atom. The molecule has 3 N–H and O–H groups in total. The van der Waals surface area contributed by atoms with Gasteiger partial charge in [0.2, 0.25) is 0 Å². The zero-order valence-corrected chi connectivity index (χ0v) is 13.4. The van der Waals surface area contributed by atoms with Crippen molar-refractivity contribution in [3.63, 3.8) is 0 Å². The molecule has 1 aromatic rings. The molecule has 4 heteroatoms. The molecule has 0 heterocycles. The lowest BCUT2D eigenvalue weighted by molar-refractivity contribution is 0.0944. The molecule has 0 aliphatic rings. The van der Waals surface area contributed by atoms with E-state index in [0.717, 1.165) is 24.1 Å². The van der Waals surface area contributed by atoms with Crippen molar-refractivity contribution < 1.29 is 9.90 Å². The van der Waals surface area contributed by atoms with E-state index in [1.807, 2.05) is 25.1 Å². The number of carbonyl (C=O) groups excluding carboxylic acids is 1. The summed E-state index contributed by atoms with van der Waals surface area (Å²) >= 11 is 0. The van der Waals surface area contributed by atoms with Gasteiger partial charge in [-0.3, -0.25) is 4.79 Å². The van der Waals surface area contributed by atoms with Gasteiger partial charge in [-0.2, -0.15) is 0 Å². The minimum atomic E-state index is -0.133. The number of aliphatic hydroxyl groups excluding tert-OH is 1. The first-order chi connectivity index (χ1) is 10.1. The number of hydrogen-bond donors (Lipinski definition) is 3. The number of amides is 1. The Kier molecular flexibility index (Phi) is 7.83. The Labute approximate surface area is 128 Å². The Bertz CT molecular complexity index is 446. The summed E-state index contributed by atoms with van der Waals surface area (Å²) in [5.41, 5.74) is 2.65. The van der Waals surface area contributed by atoms with Gasteiger partial charge < -0.3 is 15.7 Å². The van der Waals surface area contributed by atoms with Gasteiger partial charge in [-0.1, -0.05) is 32.8 Å². The summed E-state index contributed by atoms with van der Waals surface area (Å²) in [6.45, 7) is 6.58. The minimum Gasteiger partial charge on any atom is -0.395 e. The summed E-state index contributed by atoms with van der Waals surface area (Å²) in [5, 5.41) is 15.0. The Balaban J connectivity index is 2.81.